The van der Waals surface area contributed by atoms with Gasteiger partial charge in [-0.1, -0.05) is 61.1 Å². The van der Waals surface area contributed by atoms with Crippen molar-refractivity contribution in [2.24, 2.45) is 7.05 Å². The summed E-state index contributed by atoms with van der Waals surface area (Å²) in [6.07, 6.45) is 7.57. The van der Waals surface area contributed by atoms with Crippen LogP contribution in [-0.4, -0.2) is 42.1 Å². The maximum absolute atomic E-state index is 13.8. The molecule has 1 aromatic carbocycles. The quantitative estimate of drug-likeness (QED) is 0.267. The van der Waals surface area contributed by atoms with Gasteiger partial charge in [-0.15, -0.1) is 0 Å². The molecular formula is C29H28N6O3S2. The Balaban J connectivity index is 1.46. The van der Waals surface area contributed by atoms with Crippen molar-refractivity contribution in [3.8, 4) is 5.69 Å². The number of aromatic nitrogens is 4. The van der Waals surface area contributed by atoms with E-state index in [1.54, 1.807) is 37.0 Å². The molecule has 1 amide bonds. The number of rotatable bonds is 4. The van der Waals surface area contributed by atoms with Crippen molar-refractivity contribution in [3.63, 3.8) is 0 Å². The Morgan fingerprint density at radius 3 is 2.35 bits per heavy atom. The van der Waals surface area contributed by atoms with Crippen LogP contribution < -0.4 is 20.9 Å². The third kappa shape index (κ3) is 4.39. The third-order valence-corrected chi connectivity index (χ3v) is 8.77. The lowest BCUT2D eigenvalue weighted by Crippen LogP contribution is -2.33. The molecule has 2 saturated heterocycles. The molecule has 0 spiro atoms. The first-order valence-corrected chi connectivity index (χ1v) is 14.5. The minimum Gasteiger partial charge on any atom is -0.356 e. The lowest BCUT2D eigenvalue weighted by atomic mass is 10.2. The molecule has 9 nitrogen and oxygen atoms in total. The fourth-order valence-electron chi connectivity index (χ4n) is 5.34. The number of hydrogen-bond donors (Lipinski definition) is 0. The summed E-state index contributed by atoms with van der Waals surface area (Å²) < 4.78 is 4.97. The van der Waals surface area contributed by atoms with Crippen LogP contribution in [0.15, 0.2) is 69.2 Å². The number of benzene rings is 1. The molecule has 204 valence electrons. The van der Waals surface area contributed by atoms with Gasteiger partial charge in [-0.05, 0) is 50.1 Å². The summed E-state index contributed by atoms with van der Waals surface area (Å²) in [5.74, 6) is 0.145. The van der Waals surface area contributed by atoms with E-state index >= 15 is 0 Å². The molecule has 11 heteroatoms. The van der Waals surface area contributed by atoms with E-state index in [0.29, 0.717) is 28.4 Å². The summed E-state index contributed by atoms with van der Waals surface area (Å²) in [5, 5.41) is 0. The average Bonchev–Trinajstić information content (AvgIpc) is 3.20. The summed E-state index contributed by atoms with van der Waals surface area (Å²) in [6, 6.07) is 14.7. The number of anilines is 2. The normalized spacial score (nSPS) is 17.3. The molecule has 0 bridgehead atoms. The van der Waals surface area contributed by atoms with Gasteiger partial charge in [-0.3, -0.25) is 28.4 Å². The maximum Gasteiger partial charge on any atom is 0.296 e. The van der Waals surface area contributed by atoms with Crippen LogP contribution in [-0.2, 0) is 11.8 Å². The first kappa shape index (κ1) is 26.3. The van der Waals surface area contributed by atoms with Crippen LogP contribution in [0.5, 0.6) is 0 Å². The van der Waals surface area contributed by atoms with Crippen LogP contribution in [0.2, 0.25) is 0 Å². The Bertz CT molecular complexity index is 1800. The molecule has 3 aromatic heterocycles. The predicted octanol–water partition coefficient (Wildman–Crippen LogP) is 4.28. The van der Waals surface area contributed by atoms with Crippen LogP contribution in [0.1, 0.15) is 36.9 Å². The molecule has 0 atom stereocenters. The van der Waals surface area contributed by atoms with Crippen molar-refractivity contribution in [3.05, 3.63) is 91.6 Å². The first-order valence-electron chi connectivity index (χ1n) is 13.2. The molecule has 0 saturated carbocycles. The Kier molecular flexibility index (Phi) is 6.93. The first-order chi connectivity index (χ1) is 19.4. The van der Waals surface area contributed by atoms with Crippen LogP contribution in [0.25, 0.3) is 17.4 Å². The van der Waals surface area contributed by atoms with E-state index in [9.17, 15) is 14.4 Å². The number of carbonyl (C=O) groups excluding carboxylic acids is 1. The van der Waals surface area contributed by atoms with E-state index in [-0.39, 0.29) is 26.0 Å². The van der Waals surface area contributed by atoms with Gasteiger partial charge in [0.25, 0.3) is 17.0 Å². The molecule has 6 rings (SSSR count). The number of thiocarbonyl (C=S) groups is 1. The van der Waals surface area contributed by atoms with Crippen LogP contribution >= 0.6 is 24.0 Å². The van der Waals surface area contributed by atoms with Gasteiger partial charge < -0.3 is 4.90 Å². The Morgan fingerprint density at radius 2 is 1.62 bits per heavy atom. The molecule has 5 heterocycles. The molecule has 40 heavy (non-hydrogen) atoms. The molecule has 0 aliphatic carbocycles. The number of amides is 1. The van der Waals surface area contributed by atoms with E-state index in [4.69, 9.17) is 17.2 Å². The van der Waals surface area contributed by atoms with Crippen LogP contribution in [0.4, 0.5) is 11.5 Å². The Hall–Kier alpha value is -3.96. The topological polar surface area (TPSA) is 84.9 Å². The van der Waals surface area contributed by atoms with Gasteiger partial charge >= 0.3 is 0 Å². The lowest BCUT2D eigenvalue weighted by molar-refractivity contribution is -0.113. The van der Waals surface area contributed by atoms with Crippen molar-refractivity contribution >= 4 is 57.4 Å². The van der Waals surface area contributed by atoms with Gasteiger partial charge in [-0.25, -0.2) is 9.67 Å². The Morgan fingerprint density at radius 1 is 0.925 bits per heavy atom. The number of nitrogens with zero attached hydrogens (tertiary/aromatic N) is 6. The van der Waals surface area contributed by atoms with Crippen molar-refractivity contribution in [2.45, 2.75) is 32.6 Å². The summed E-state index contributed by atoms with van der Waals surface area (Å²) in [6.45, 7) is 3.37. The second-order valence-electron chi connectivity index (χ2n) is 9.91. The smallest absolute Gasteiger partial charge is 0.296 e. The molecular weight excluding hydrogens is 544 g/mol. The van der Waals surface area contributed by atoms with Crippen molar-refractivity contribution in [1.82, 2.24) is 18.7 Å². The van der Waals surface area contributed by atoms with Crippen LogP contribution in [0.3, 0.4) is 0 Å². The van der Waals surface area contributed by atoms with E-state index in [2.05, 4.69) is 4.90 Å². The molecule has 2 aliphatic rings. The number of hydrogen-bond acceptors (Lipinski definition) is 7. The van der Waals surface area contributed by atoms with Gasteiger partial charge in [0.15, 0.2) is 4.32 Å². The van der Waals surface area contributed by atoms with Crippen molar-refractivity contribution in [2.75, 3.05) is 22.9 Å². The van der Waals surface area contributed by atoms with Crippen molar-refractivity contribution in [1.29, 1.82) is 0 Å². The van der Waals surface area contributed by atoms with E-state index in [1.807, 2.05) is 42.5 Å². The van der Waals surface area contributed by atoms with Gasteiger partial charge in [0.1, 0.15) is 17.2 Å². The number of para-hydroxylation sites is 1. The number of pyridine rings is 1. The largest absolute Gasteiger partial charge is 0.356 e. The monoisotopic (exact) mass is 572 g/mol. The predicted molar refractivity (Wildman–Crippen MR) is 164 cm³/mol. The second-order valence-corrected chi connectivity index (χ2v) is 11.6. The molecule has 0 radical (unpaired) electrons. The zero-order valence-electron chi connectivity index (χ0n) is 22.2. The summed E-state index contributed by atoms with van der Waals surface area (Å²) >= 11 is 6.72. The van der Waals surface area contributed by atoms with E-state index in [1.165, 1.54) is 14.0 Å². The lowest BCUT2D eigenvalue weighted by Gasteiger charge is -2.23. The summed E-state index contributed by atoms with van der Waals surface area (Å²) in [5.41, 5.74) is 1.79. The van der Waals surface area contributed by atoms with Gasteiger partial charge in [-0.2, -0.15) is 0 Å². The molecule has 2 fully saturated rings. The highest BCUT2D eigenvalue weighted by Gasteiger charge is 2.38. The molecule has 0 unspecified atom stereocenters. The highest BCUT2D eigenvalue weighted by atomic mass is 32.2. The van der Waals surface area contributed by atoms with Crippen LogP contribution in [0, 0.1) is 6.92 Å². The summed E-state index contributed by atoms with van der Waals surface area (Å²) in [7, 11) is 1.77. The highest BCUT2D eigenvalue weighted by Crippen LogP contribution is 2.37. The number of thioether (sulfide) groups is 1. The third-order valence-electron chi connectivity index (χ3n) is 7.47. The van der Waals surface area contributed by atoms with Gasteiger partial charge in [0.2, 0.25) is 0 Å². The highest BCUT2D eigenvalue weighted by molar-refractivity contribution is 8.27. The van der Waals surface area contributed by atoms with E-state index < -0.39 is 5.91 Å². The van der Waals surface area contributed by atoms with Crippen molar-refractivity contribution < 1.29 is 4.79 Å². The minimum atomic E-state index is -0.430. The standard InChI is InChI=1S/C29H28N6O3S2/c1-19-24(28(38)35(31(19)2)20-12-6-5-7-13-20)34-27(37)22(40-29(34)39)18-21-25(32-15-9-3-4-10-16-32)30-23-14-8-11-17-33(23)26(21)36/h5-8,11-14,17-18H,3-4,9-10,15-16H2,1-2H3/b22-18+. The number of fused-ring (bicyclic) bond motifs is 1. The minimum absolute atomic E-state index is 0.207. The SMILES string of the molecule is Cc1c(N2C(=O)/C(=C\c3c(N4CCCCCC4)nc4ccccn4c3=O)SC2=S)c(=O)n(-c2ccccc2)n1C. The second kappa shape index (κ2) is 10.5. The molecule has 0 N–H and O–H groups in total. The molecule has 2 aliphatic heterocycles. The maximum atomic E-state index is 13.8. The van der Waals surface area contributed by atoms with E-state index in [0.717, 1.165) is 50.5 Å². The van der Waals surface area contributed by atoms with Gasteiger partial charge in [0.05, 0.1) is 21.8 Å². The fourth-order valence-corrected chi connectivity index (χ4v) is 6.60. The average molecular weight is 573 g/mol. The number of carbonyl (C=O) groups is 1. The fraction of sp³-hybridized carbons (Fsp3) is 0.276. The van der Waals surface area contributed by atoms with Gasteiger partial charge in [0, 0.05) is 26.3 Å². The molecule has 4 aromatic rings. The Labute approximate surface area is 240 Å². The summed E-state index contributed by atoms with van der Waals surface area (Å²) in [4.78, 5) is 49.8. The zero-order chi connectivity index (χ0) is 28.0. The zero-order valence-corrected chi connectivity index (χ0v) is 23.9.